The molecule has 298 valence electrons. The highest BCUT2D eigenvalue weighted by Gasteiger charge is 2.52. The van der Waals surface area contributed by atoms with Crippen molar-refractivity contribution in [2.24, 2.45) is 0 Å². The maximum atomic E-state index is 2.49. The smallest absolute Gasteiger partial charge is 0.0726 e. The van der Waals surface area contributed by atoms with Crippen molar-refractivity contribution < 1.29 is 0 Å². The lowest BCUT2D eigenvalue weighted by Crippen LogP contribution is -2.26. The van der Waals surface area contributed by atoms with Gasteiger partial charge in [-0.1, -0.05) is 206 Å². The second-order valence-corrected chi connectivity index (χ2v) is 17.2. The maximum absolute atomic E-state index is 2.49. The molecule has 11 aromatic rings. The normalized spacial score (nSPS) is 12.8. The van der Waals surface area contributed by atoms with Crippen LogP contribution in [-0.2, 0) is 5.41 Å². The first-order valence-electron chi connectivity index (χ1n) is 22.2. The summed E-state index contributed by atoms with van der Waals surface area (Å²) >= 11 is 0. The molecule has 64 heavy (non-hydrogen) atoms. The second kappa shape index (κ2) is 14.4. The molecule has 0 aromatic heterocycles. The molecule has 2 aliphatic carbocycles. The predicted octanol–water partition coefficient (Wildman–Crippen LogP) is 16.8. The number of rotatable bonds is 6. The third-order valence-corrected chi connectivity index (χ3v) is 13.9. The van der Waals surface area contributed by atoms with Gasteiger partial charge in [-0.2, -0.15) is 0 Å². The summed E-state index contributed by atoms with van der Waals surface area (Å²) in [5.74, 6) is 0. The van der Waals surface area contributed by atoms with Gasteiger partial charge in [0.15, 0.2) is 0 Å². The van der Waals surface area contributed by atoms with Crippen molar-refractivity contribution in [2.75, 3.05) is 4.90 Å². The zero-order chi connectivity index (χ0) is 42.2. The average molecular weight is 812 g/mol. The average Bonchev–Trinajstić information content (AvgIpc) is 3.84. The summed E-state index contributed by atoms with van der Waals surface area (Å²) in [4.78, 5) is 2.44. The number of fused-ring (bicyclic) bond motifs is 13. The van der Waals surface area contributed by atoms with Gasteiger partial charge in [-0.25, -0.2) is 0 Å². The quantitative estimate of drug-likeness (QED) is 0.151. The Morgan fingerprint density at radius 3 is 1.39 bits per heavy atom. The molecule has 1 nitrogen and oxygen atoms in total. The molecule has 0 radical (unpaired) electrons. The molecule has 1 spiro atoms. The lowest BCUT2D eigenvalue weighted by atomic mass is 9.70. The van der Waals surface area contributed by atoms with Crippen LogP contribution in [0.3, 0.4) is 0 Å². The molecule has 13 rings (SSSR count). The van der Waals surface area contributed by atoms with E-state index in [9.17, 15) is 0 Å². The minimum Gasteiger partial charge on any atom is -0.310 e. The number of hydrogen-bond acceptors (Lipinski definition) is 1. The number of nitrogens with zero attached hydrogens (tertiary/aromatic N) is 1. The van der Waals surface area contributed by atoms with Crippen molar-refractivity contribution in [2.45, 2.75) is 5.41 Å². The van der Waals surface area contributed by atoms with Crippen LogP contribution < -0.4 is 4.90 Å². The highest BCUT2D eigenvalue weighted by molar-refractivity contribution is 6.12. The van der Waals surface area contributed by atoms with Crippen LogP contribution in [0.5, 0.6) is 0 Å². The van der Waals surface area contributed by atoms with Gasteiger partial charge in [-0.3, -0.25) is 0 Å². The van der Waals surface area contributed by atoms with E-state index in [1.807, 2.05) is 0 Å². The van der Waals surface area contributed by atoms with Gasteiger partial charge in [0, 0.05) is 17.1 Å². The van der Waals surface area contributed by atoms with Crippen LogP contribution in [0.4, 0.5) is 17.1 Å². The predicted molar refractivity (Wildman–Crippen MR) is 269 cm³/mol. The summed E-state index contributed by atoms with van der Waals surface area (Å²) in [5.41, 5.74) is 20.6. The van der Waals surface area contributed by atoms with E-state index in [-0.39, 0.29) is 0 Å². The molecule has 0 bridgehead atoms. The number of hydrogen-bond donors (Lipinski definition) is 0. The van der Waals surface area contributed by atoms with Gasteiger partial charge in [0.25, 0.3) is 0 Å². The van der Waals surface area contributed by atoms with E-state index in [1.165, 1.54) is 99.4 Å². The van der Waals surface area contributed by atoms with Crippen LogP contribution >= 0.6 is 0 Å². The molecule has 0 heterocycles. The van der Waals surface area contributed by atoms with Crippen LogP contribution in [-0.4, -0.2) is 0 Å². The number of benzene rings is 11. The minimum atomic E-state index is -0.496. The lowest BCUT2D eigenvalue weighted by Gasteiger charge is -2.32. The van der Waals surface area contributed by atoms with Gasteiger partial charge in [-0.15, -0.1) is 0 Å². The lowest BCUT2D eigenvalue weighted by molar-refractivity contribution is 0.794. The van der Waals surface area contributed by atoms with E-state index in [0.29, 0.717) is 0 Å². The van der Waals surface area contributed by atoms with E-state index in [0.717, 1.165) is 17.1 Å². The summed E-state index contributed by atoms with van der Waals surface area (Å²) in [6.45, 7) is 0. The van der Waals surface area contributed by atoms with Crippen molar-refractivity contribution >= 4 is 38.6 Å². The van der Waals surface area contributed by atoms with Crippen LogP contribution in [0, 0.1) is 0 Å². The molecule has 0 saturated heterocycles. The zero-order valence-corrected chi connectivity index (χ0v) is 35.1. The second-order valence-electron chi connectivity index (χ2n) is 17.2. The molecule has 0 fully saturated rings. The molecule has 0 unspecified atom stereocenters. The Hall–Kier alpha value is -8.26. The van der Waals surface area contributed by atoms with E-state index in [1.54, 1.807) is 0 Å². The van der Waals surface area contributed by atoms with Gasteiger partial charge >= 0.3 is 0 Å². The largest absolute Gasteiger partial charge is 0.310 e. The van der Waals surface area contributed by atoms with Crippen molar-refractivity contribution in [3.05, 3.63) is 271 Å². The maximum Gasteiger partial charge on any atom is 0.0726 e. The molecule has 0 N–H and O–H groups in total. The zero-order valence-electron chi connectivity index (χ0n) is 35.1. The van der Waals surface area contributed by atoms with Gasteiger partial charge in [0.2, 0.25) is 0 Å². The Labute approximate surface area is 373 Å². The molecular formula is C63H41N. The van der Waals surface area contributed by atoms with Crippen molar-refractivity contribution in [3.63, 3.8) is 0 Å². The van der Waals surface area contributed by atoms with Gasteiger partial charge in [0.1, 0.15) is 0 Å². The third kappa shape index (κ3) is 5.44. The molecule has 0 atom stereocenters. The SMILES string of the molecule is c1ccc(-c2ccc(N(c3ccc(-c4cccc5c4ccc4ccccc45)cc3)c3ccc4c(c3)C3(c5ccccc5-c5ccccc53)c3cc(-c5ccccc5)ccc3-4)cc2)cc1. The van der Waals surface area contributed by atoms with Gasteiger partial charge in [0.05, 0.1) is 5.41 Å². The fourth-order valence-electron chi connectivity index (χ4n) is 11.0. The highest BCUT2D eigenvalue weighted by Crippen LogP contribution is 2.63. The van der Waals surface area contributed by atoms with Crippen LogP contribution in [0.25, 0.3) is 77.2 Å². The Morgan fingerprint density at radius 2 is 0.703 bits per heavy atom. The topological polar surface area (TPSA) is 3.24 Å². The van der Waals surface area contributed by atoms with Crippen molar-refractivity contribution in [1.29, 1.82) is 0 Å². The molecule has 2 aliphatic rings. The Morgan fingerprint density at radius 1 is 0.234 bits per heavy atom. The molecule has 0 aliphatic heterocycles. The van der Waals surface area contributed by atoms with E-state index in [2.05, 4.69) is 254 Å². The van der Waals surface area contributed by atoms with E-state index >= 15 is 0 Å². The fourth-order valence-corrected chi connectivity index (χ4v) is 11.0. The standard InChI is InChI=1S/C63H41N/c1-3-14-42(15-4-1)44-26-32-48(33-27-44)64(49-34-28-46(29-35-49)52-22-13-23-53-51-19-8-7-18-45(51)30-37-54(52)53)50-36-39-58-57-38-31-47(43-16-5-2-6-17-43)40-61(57)63(62(58)41-50)59-24-11-9-20-55(59)56-21-10-12-25-60(56)63/h1-41H. The summed E-state index contributed by atoms with van der Waals surface area (Å²) in [5, 5.41) is 5.08. The molecule has 0 saturated carbocycles. The first-order valence-corrected chi connectivity index (χ1v) is 22.2. The molecule has 11 aromatic carbocycles. The van der Waals surface area contributed by atoms with Gasteiger partial charge in [-0.05, 0) is 142 Å². The fraction of sp³-hybridized carbons (Fsp3) is 0.0159. The van der Waals surface area contributed by atoms with Crippen LogP contribution in [0.15, 0.2) is 249 Å². The minimum absolute atomic E-state index is 0.496. The molecule has 1 heteroatoms. The van der Waals surface area contributed by atoms with Crippen molar-refractivity contribution in [3.8, 4) is 55.6 Å². The van der Waals surface area contributed by atoms with Gasteiger partial charge < -0.3 is 4.90 Å². The Kier molecular flexibility index (Phi) is 8.20. The summed E-state index contributed by atoms with van der Waals surface area (Å²) < 4.78 is 0. The third-order valence-electron chi connectivity index (χ3n) is 13.9. The van der Waals surface area contributed by atoms with Crippen LogP contribution in [0.1, 0.15) is 22.3 Å². The molecule has 0 amide bonds. The van der Waals surface area contributed by atoms with Crippen molar-refractivity contribution in [1.82, 2.24) is 0 Å². The first-order chi connectivity index (χ1) is 31.7. The van der Waals surface area contributed by atoms with E-state index in [4.69, 9.17) is 0 Å². The summed E-state index contributed by atoms with van der Waals surface area (Å²) in [6.07, 6.45) is 0. The van der Waals surface area contributed by atoms with E-state index < -0.39 is 5.41 Å². The summed E-state index contributed by atoms with van der Waals surface area (Å²) in [6, 6.07) is 92.1. The first kappa shape index (κ1) is 36.4. The molecular weight excluding hydrogens is 771 g/mol. The number of anilines is 3. The van der Waals surface area contributed by atoms with Crippen LogP contribution in [0.2, 0.25) is 0 Å². The monoisotopic (exact) mass is 811 g/mol. The highest BCUT2D eigenvalue weighted by atomic mass is 15.1. The summed E-state index contributed by atoms with van der Waals surface area (Å²) in [7, 11) is 0. The Balaban J connectivity index is 1.01. The Bertz CT molecular complexity index is 3540.